The van der Waals surface area contributed by atoms with Crippen LogP contribution in [0, 0.1) is 6.92 Å². The fourth-order valence-corrected chi connectivity index (χ4v) is 4.32. The van der Waals surface area contributed by atoms with E-state index in [2.05, 4.69) is 12.0 Å². The second kappa shape index (κ2) is 10.1. The van der Waals surface area contributed by atoms with E-state index in [0.717, 1.165) is 20.9 Å². The van der Waals surface area contributed by atoms with Gasteiger partial charge in [0.25, 0.3) is 5.56 Å². The first-order chi connectivity index (χ1) is 16.0. The summed E-state index contributed by atoms with van der Waals surface area (Å²) in [5, 5.41) is 0.545. The summed E-state index contributed by atoms with van der Waals surface area (Å²) in [4.78, 5) is 50.3. The number of rotatable bonds is 6. The SMILES string of the molecule is C=C(n1c(=O)c2c(C)c(CN(NC(=O)OC(C)(C)C)C(N)=O)sc2n(CCOC)c1=O)C(F)(F)F. The topological polar surface area (TPSA) is 138 Å². The van der Waals surface area contributed by atoms with Crippen molar-refractivity contribution in [3.05, 3.63) is 37.9 Å². The second-order valence-corrected chi connectivity index (χ2v) is 9.46. The van der Waals surface area contributed by atoms with Gasteiger partial charge in [-0.05, 0) is 33.3 Å². The number of halogens is 3. The molecule has 0 radical (unpaired) electrons. The molecule has 11 nitrogen and oxygen atoms in total. The van der Waals surface area contributed by atoms with Gasteiger partial charge in [0.15, 0.2) is 0 Å². The van der Waals surface area contributed by atoms with Crippen LogP contribution in [0.2, 0.25) is 0 Å². The monoisotopic (exact) mass is 521 g/mol. The maximum atomic E-state index is 13.3. The number of primary amides is 1. The lowest BCUT2D eigenvalue weighted by Gasteiger charge is -2.24. The standard InChI is InChI=1S/C20H26F3N5O6S/c1-10-12(9-27(16(24)30)25-17(31)34-19(3,4)5)35-15-13(10)14(29)28(11(2)20(21,22)23)18(32)26(15)7-8-33-6/h2,7-9H2,1,3-6H3,(H2,24,30)(H,25,31). The lowest BCUT2D eigenvalue weighted by molar-refractivity contribution is -0.0739. The molecule has 194 valence electrons. The zero-order chi connectivity index (χ0) is 26.9. The molecular weight excluding hydrogens is 495 g/mol. The summed E-state index contributed by atoms with van der Waals surface area (Å²) in [6.45, 7) is 8.60. The minimum Gasteiger partial charge on any atom is -0.443 e. The molecule has 0 aromatic carbocycles. The van der Waals surface area contributed by atoms with Crippen LogP contribution in [-0.4, -0.2) is 51.8 Å². The molecule has 0 saturated heterocycles. The number of fused-ring (bicyclic) bond motifs is 1. The molecule has 0 aliphatic rings. The summed E-state index contributed by atoms with van der Waals surface area (Å²) in [6.07, 6.45) is -6.02. The summed E-state index contributed by atoms with van der Waals surface area (Å²) < 4.78 is 51.0. The van der Waals surface area contributed by atoms with Gasteiger partial charge in [-0.1, -0.05) is 6.58 Å². The third-order valence-electron chi connectivity index (χ3n) is 4.62. The molecule has 2 heterocycles. The van der Waals surface area contributed by atoms with Crippen molar-refractivity contribution >= 4 is 39.4 Å². The van der Waals surface area contributed by atoms with E-state index in [1.807, 2.05) is 0 Å². The molecule has 35 heavy (non-hydrogen) atoms. The number of thiophene rings is 1. The van der Waals surface area contributed by atoms with E-state index in [9.17, 15) is 32.3 Å². The average molecular weight is 522 g/mol. The molecule has 0 unspecified atom stereocenters. The number of nitrogens with one attached hydrogen (secondary N) is 1. The summed E-state index contributed by atoms with van der Waals surface area (Å²) in [6, 6.07) is -1.06. The normalized spacial score (nSPS) is 12.0. The molecule has 2 rings (SSSR count). The molecule has 0 saturated carbocycles. The molecule has 2 aromatic rings. The summed E-state index contributed by atoms with van der Waals surface area (Å²) in [7, 11) is 1.34. The number of hydrazine groups is 1. The van der Waals surface area contributed by atoms with Gasteiger partial charge in [0.2, 0.25) is 0 Å². The summed E-state index contributed by atoms with van der Waals surface area (Å²) in [5.74, 6) is 0. The number of hydrogen-bond acceptors (Lipinski definition) is 7. The average Bonchev–Trinajstić information content (AvgIpc) is 3.01. The van der Waals surface area contributed by atoms with Crippen LogP contribution in [0.1, 0.15) is 31.2 Å². The molecule has 0 atom stereocenters. The lowest BCUT2D eigenvalue weighted by atomic mass is 10.2. The first kappa shape index (κ1) is 27.9. The van der Waals surface area contributed by atoms with Crippen molar-refractivity contribution in [2.45, 2.75) is 52.6 Å². The number of aromatic nitrogens is 2. The largest absolute Gasteiger partial charge is 0.443 e. The first-order valence-electron chi connectivity index (χ1n) is 10.1. The Labute approximate surface area is 201 Å². The van der Waals surface area contributed by atoms with Gasteiger partial charge in [0.1, 0.15) is 16.1 Å². The Hall–Kier alpha value is -3.33. The molecule has 0 aliphatic carbocycles. The van der Waals surface area contributed by atoms with Crippen molar-refractivity contribution in [2.24, 2.45) is 5.73 Å². The Balaban J connectivity index is 2.67. The minimum atomic E-state index is -5.04. The number of nitrogens with zero attached hydrogens (tertiary/aromatic N) is 3. The van der Waals surface area contributed by atoms with Gasteiger partial charge in [-0.15, -0.1) is 11.3 Å². The van der Waals surface area contributed by atoms with Crippen LogP contribution in [0.15, 0.2) is 16.2 Å². The molecule has 0 fully saturated rings. The number of urea groups is 1. The van der Waals surface area contributed by atoms with Gasteiger partial charge in [-0.2, -0.15) is 13.2 Å². The highest BCUT2D eigenvalue weighted by atomic mass is 32.1. The van der Waals surface area contributed by atoms with Crippen molar-refractivity contribution in [3.8, 4) is 0 Å². The number of carbonyl (C=O) groups excluding carboxylic acids is 2. The predicted molar refractivity (Wildman–Crippen MR) is 123 cm³/mol. The van der Waals surface area contributed by atoms with E-state index in [1.165, 1.54) is 14.0 Å². The van der Waals surface area contributed by atoms with Crippen molar-refractivity contribution < 1.29 is 32.2 Å². The zero-order valence-corrected chi connectivity index (χ0v) is 20.6. The number of hydrogen-bond donors (Lipinski definition) is 2. The molecular formula is C20H26F3N5O6S. The number of methoxy groups -OCH3 is 1. The number of alkyl halides is 3. The Bertz CT molecular complexity index is 1270. The summed E-state index contributed by atoms with van der Waals surface area (Å²) >= 11 is 0.885. The van der Waals surface area contributed by atoms with Crippen LogP contribution >= 0.6 is 11.3 Å². The summed E-state index contributed by atoms with van der Waals surface area (Å²) in [5.41, 5.74) is 2.76. The van der Waals surface area contributed by atoms with Crippen LogP contribution in [-0.2, 0) is 22.6 Å². The van der Waals surface area contributed by atoms with Crippen molar-refractivity contribution in [1.29, 1.82) is 0 Å². The van der Waals surface area contributed by atoms with Gasteiger partial charge >= 0.3 is 24.0 Å². The van der Waals surface area contributed by atoms with Crippen molar-refractivity contribution in [3.63, 3.8) is 0 Å². The molecule has 0 spiro atoms. The lowest BCUT2D eigenvalue weighted by Crippen LogP contribution is -2.49. The molecule has 0 aliphatic heterocycles. The number of aryl methyl sites for hydroxylation is 1. The Morgan fingerprint density at radius 2 is 1.83 bits per heavy atom. The van der Waals surface area contributed by atoms with Gasteiger partial charge < -0.3 is 15.2 Å². The maximum Gasteiger partial charge on any atom is 0.431 e. The number of amides is 3. The molecule has 3 N–H and O–H groups in total. The minimum absolute atomic E-state index is 0.0354. The highest BCUT2D eigenvalue weighted by molar-refractivity contribution is 7.18. The van der Waals surface area contributed by atoms with Gasteiger partial charge in [-0.25, -0.2) is 29.4 Å². The molecule has 2 aromatic heterocycles. The third kappa shape index (κ3) is 6.22. The fourth-order valence-electron chi connectivity index (χ4n) is 3.01. The number of ether oxygens (including phenoxy) is 2. The van der Waals surface area contributed by atoms with Crippen LogP contribution in [0.3, 0.4) is 0 Å². The van der Waals surface area contributed by atoms with E-state index in [0.29, 0.717) is 0 Å². The maximum absolute atomic E-state index is 13.3. The van der Waals surface area contributed by atoms with Gasteiger partial charge in [0, 0.05) is 12.0 Å². The van der Waals surface area contributed by atoms with Crippen molar-refractivity contribution in [1.82, 2.24) is 19.6 Å². The first-order valence-corrected chi connectivity index (χ1v) is 10.9. The van der Waals surface area contributed by atoms with Crippen LogP contribution in [0.4, 0.5) is 22.8 Å². The Morgan fingerprint density at radius 1 is 1.23 bits per heavy atom. The van der Waals surface area contributed by atoms with Crippen LogP contribution in [0.5, 0.6) is 0 Å². The van der Waals surface area contributed by atoms with E-state index in [1.54, 1.807) is 20.8 Å². The molecule has 3 amide bonds. The van der Waals surface area contributed by atoms with Crippen molar-refractivity contribution in [2.75, 3.05) is 13.7 Å². The molecule has 15 heteroatoms. The van der Waals surface area contributed by atoms with Crippen LogP contribution in [0.25, 0.3) is 15.9 Å². The second-order valence-electron chi connectivity index (χ2n) is 8.38. The highest BCUT2D eigenvalue weighted by Gasteiger charge is 2.36. The Morgan fingerprint density at radius 3 is 2.31 bits per heavy atom. The quantitative estimate of drug-likeness (QED) is 0.561. The highest BCUT2D eigenvalue weighted by Crippen LogP contribution is 2.31. The van der Waals surface area contributed by atoms with Gasteiger partial charge in [-0.3, -0.25) is 9.36 Å². The van der Waals surface area contributed by atoms with Gasteiger partial charge in [0.05, 0.1) is 25.1 Å². The molecule has 0 bridgehead atoms. The number of carbonyl (C=O) groups is 2. The fraction of sp³-hybridized carbons (Fsp3) is 0.500. The van der Waals surface area contributed by atoms with E-state index in [4.69, 9.17) is 15.2 Å². The van der Waals surface area contributed by atoms with E-state index in [-0.39, 0.29) is 44.9 Å². The number of allylic oxidation sites excluding steroid dienone is 1. The zero-order valence-electron chi connectivity index (χ0n) is 19.7. The van der Waals surface area contributed by atoms with Crippen LogP contribution < -0.4 is 22.4 Å². The Kier molecular flexibility index (Phi) is 8.06. The van der Waals surface area contributed by atoms with E-state index >= 15 is 0 Å². The third-order valence-corrected chi connectivity index (χ3v) is 5.92. The number of nitrogens with two attached hydrogens (primary N) is 1. The predicted octanol–water partition coefficient (Wildman–Crippen LogP) is 2.53. The van der Waals surface area contributed by atoms with E-state index < -0.39 is 40.8 Å². The smallest absolute Gasteiger partial charge is 0.431 e.